The van der Waals surface area contributed by atoms with Crippen LogP contribution in [0.1, 0.15) is 22.6 Å². The van der Waals surface area contributed by atoms with Crippen LogP contribution in [0.3, 0.4) is 0 Å². The number of carbonyl (C=O) groups excluding carboxylic acids is 1. The van der Waals surface area contributed by atoms with Crippen molar-refractivity contribution in [3.63, 3.8) is 0 Å². The molecule has 2 aliphatic rings. The predicted molar refractivity (Wildman–Crippen MR) is 87.7 cm³/mol. The number of para-hydroxylation sites is 1. The lowest BCUT2D eigenvalue weighted by Gasteiger charge is -2.22. The number of aromatic nitrogens is 1. The second-order valence-corrected chi connectivity index (χ2v) is 7.06. The van der Waals surface area contributed by atoms with E-state index in [1.807, 2.05) is 24.3 Å². The van der Waals surface area contributed by atoms with Crippen LogP contribution >= 0.6 is 11.3 Å². The molecule has 2 fully saturated rings. The van der Waals surface area contributed by atoms with Crippen molar-refractivity contribution >= 4 is 22.9 Å². The number of piperidine rings is 1. The monoisotopic (exact) mass is 314 g/mol. The SMILES string of the molecule is Nc1ccccc1-c1cnc(C(=O)NC2CC3CC2CN3)s1. The third kappa shape index (κ3) is 2.38. The Morgan fingerprint density at radius 2 is 2.23 bits per heavy atom. The van der Waals surface area contributed by atoms with Crippen LogP contribution in [-0.4, -0.2) is 29.5 Å². The molecule has 2 heterocycles. The third-order valence-corrected chi connectivity index (χ3v) is 5.64. The first-order valence-corrected chi connectivity index (χ1v) is 8.37. The van der Waals surface area contributed by atoms with Gasteiger partial charge in [-0.15, -0.1) is 11.3 Å². The molecule has 1 aromatic carbocycles. The molecule has 1 aliphatic heterocycles. The summed E-state index contributed by atoms with van der Waals surface area (Å²) in [6, 6.07) is 8.51. The fourth-order valence-electron chi connectivity index (χ4n) is 3.47. The van der Waals surface area contributed by atoms with Gasteiger partial charge in [0.25, 0.3) is 5.91 Å². The lowest BCUT2D eigenvalue weighted by molar-refractivity contribution is 0.0924. The predicted octanol–water partition coefficient (Wildman–Crippen LogP) is 1.87. The number of nitrogens with two attached hydrogens (primary N) is 1. The molecular formula is C16H18N4OS. The Kier molecular flexibility index (Phi) is 3.35. The van der Waals surface area contributed by atoms with E-state index in [1.165, 1.54) is 17.8 Å². The topological polar surface area (TPSA) is 80.0 Å². The van der Waals surface area contributed by atoms with Gasteiger partial charge in [-0.2, -0.15) is 0 Å². The standard InChI is InChI=1S/C16H18N4OS/c17-12-4-2-1-3-11(12)14-8-19-16(22-14)15(21)20-13-6-10-5-9(13)7-18-10/h1-4,8-10,13,18H,5-7,17H2,(H,20,21). The summed E-state index contributed by atoms with van der Waals surface area (Å²) in [4.78, 5) is 17.6. The molecule has 6 heteroatoms. The molecule has 4 rings (SSSR count). The summed E-state index contributed by atoms with van der Waals surface area (Å²) in [7, 11) is 0. The number of anilines is 1. The van der Waals surface area contributed by atoms with Crippen molar-refractivity contribution in [2.24, 2.45) is 5.92 Å². The van der Waals surface area contributed by atoms with Crippen molar-refractivity contribution in [3.8, 4) is 10.4 Å². The molecule has 5 nitrogen and oxygen atoms in total. The van der Waals surface area contributed by atoms with Gasteiger partial charge in [0.15, 0.2) is 5.01 Å². The van der Waals surface area contributed by atoms with E-state index in [0.29, 0.717) is 22.7 Å². The first-order chi connectivity index (χ1) is 10.7. The Labute approximate surface area is 132 Å². The Morgan fingerprint density at radius 3 is 2.95 bits per heavy atom. The molecule has 22 heavy (non-hydrogen) atoms. The highest BCUT2D eigenvalue weighted by Crippen LogP contribution is 2.33. The van der Waals surface area contributed by atoms with Crippen molar-refractivity contribution in [3.05, 3.63) is 35.5 Å². The summed E-state index contributed by atoms with van der Waals surface area (Å²) in [6.45, 7) is 1.01. The average Bonchev–Trinajstić information content (AvgIpc) is 3.24. The van der Waals surface area contributed by atoms with Gasteiger partial charge in [0.1, 0.15) is 0 Å². The van der Waals surface area contributed by atoms with Crippen LogP contribution in [0.5, 0.6) is 0 Å². The first-order valence-electron chi connectivity index (χ1n) is 7.55. The van der Waals surface area contributed by atoms with Crippen molar-refractivity contribution in [2.45, 2.75) is 24.9 Å². The molecule has 114 valence electrons. The molecule has 1 saturated carbocycles. The number of amides is 1. The molecule has 1 aromatic heterocycles. The maximum Gasteiger partial charge on any atom is 0.280 e. The Bertz CT molecular complexity index is 714. The second-order valence-electron chi connectivity index (χ2n) is 6.03. The Morgan fingerprint density at radius 1 is 1.36 bits per heavy atom. The third-order valence-electron chi connectivity index (χ3n) is 4.61. The van der Waals surface area contributed by atoms with Gasteiger partial charge in [0.05, 0.1) is 4.88 Å². The highest BCUT2D eigenvalue weighted by atomic mass is 32.1. The molecular weight excluding hydrogens is 296 g/mol. The maximum absolute atomic E-state index is 12.4. The summed E-state index contributed by atoms with van der Waals surface area (Å²) in [6.07, 6.45) is 3.93. The second kappa shape index (κ2) is 5.37. The lowest BCUT2D eigenvalue weighted by atomic mass is 10.0. The molecule has 3 unspecified atom stereocenters. The number of carbonyl (C=O) groups is 1. The van der Waals surface area contributed by atoms with Crippen LogP contribution in [0, 0.1) is 5.92 Å². The minimum Gasteiger partial charge on any atom is -0.398 e. The van der Waals surface area contributed by atoms with Gasteiger partial charge in [-0.25, -0.2) is 4.98 Å². The first kappa shape index (κ1) is 13.7. The molecule has 1 aliphatic carbocycles. The van der Waals surface area contributed by atoms with E-state index < -0.39 is 0 Å². The van der Waals surface area contributed by atoms with Gasteiger partial charge in [0.2, 0.25) is 0 Å². The van der Waals surface area contributed by atoms with Crippen molar-refractivity contribution in [2.75, 3.05) is 12.3 Å². The number of fused-ring (bicyclic) bond motifs is 2. The van der Waals surface area contributed by atoms with Crippen LogP contribution in [-0.2, 0) is 0 Å². The normalized spacial score (nSPS) is 26.3. The Balaban J connectivity index is 1.49. The van der Waals surface area contributed by atoms with E-state index in [1.54, 1.807) is 6.20 Å². The van der Waals surface area contributed by atoms with Crippen LogP contribution in [0.15, 0.2) is 30.5 Å². The number of nitrogen functional groups attached to an aromatic ring is 1. The van der Waals surface area contributed by atoms with Crippen LogP contribution in [0.4, 0.5) is 5.69 Å². The molecule has 1 amide bonds. The molecule has 1 saturated heterocycles. The highest BCUT2D eigenvalue weighted by molar-refractivity contribution is 7.17. The van der Waals surface area contributed by atoms with E-state index in [9.17, 15) is 4.79 Å². The molecule has 0 spiro atoms. The zero-order chi connectivity index (χ0) is 15.1. The van der Waals surface area contributed by atoms with Gasteiger partial charge in [-0.3, -0.25) is 4.79 Å². The molecule has 3 atom stereocenters. The smallest absolute Gasteiger partial charge is 0.280 e. The number of benzene rings is 1. The van der Waals surface area contributed by atoms with E-state index >= 15 is 0 Å². The maximum atomic E-state index is 12.4. The van der Waals surface area contributed by atoms with Gasteiger partial charge in [0, 0.05) is 36.1 Å². The largest absolute Gasteiger partial charge is 0.398 e. The van der Waals surface area contributed by atoms with Crippen molar-refractivity contribution < 1.29 is 4.79 Å². The number of thiazole rings is 1. The minimum absolute atomic E-state index is 0.0664. The van der Waals surface area contributed by atoms with Gasteiger partial charge in [-0.1, -0.05) is 18.2 Å². The minimum atomic E-state index is -0.0664. The van der Waals surface area contributed by atoms with Crippen LogP contribution in [0.25, 0.3) is 10.4 Å². The van der Waals surface area contributed by atoms with Gasteiger partial charge >= 0.3 is 0 Å². The lowest BCUT2D eigenvalue weighted by Crippen LogP contribution is -2.44. The summed E-state index contributed by atoms with van der Waals surface area (Å²) < 4.78 is 0. The molecule has 2 aromatic rings. The number of hydrogen-bond donors (Lipinski definition) is 3. The zero-order valence-corrected chi connectivity index (χ0v) is 12.9. The van der Waals surface area contributed by atoms with Gasteiger partial charge < -0.3 is 16.4 Å². The van der Waals surface area contributed by atoms with E-state index in [-0.39, 0.29) is 11.9 Å². The fourth-order valence-corrected chi connectivity index (χ4v) is 4.33. The quantitative estimate of drug-likeness (QED) is 0.756. The van der Waals surface area contributed by atoms with E-state index in [2.05, 4.69) is 15.6 Å². The van der Waals surface area contributed by atoms with Crippen LogP contribution in [0.2, 0.25) is 0 Å². The zero-order valence-electron chi connectivity index (χ0n) is 12.1. The van der Waals surface area contributed by atoms with E-state index in [4.69, 9.17) is 5.73 Å². The number of hydrogen-bond acceptors (Lipinski definition) is 5. The summed E-state index contributed by atoms with van der Waals surface area (Å²) in [5.41, 5.74) is 7.62. The van der Waals surface area contributed by atoms with E-state index in [0.717, 1.165) is 23.4 Å². The molecule has 2 bridgehead atoms. The van der Waals surface area contributed by atoms with Crippen LogP contribution < -0.4 is 16.4 Å². The molecule has 4 N–H and O–H groups in total. The molecule has 0 radical (unpaired) electrons. The Hall–Kier alpha value is -1.92. The number of nitrogens with zero attached hydrogens (tertiary/aromatic N) is 1. The summed E-state index contributed by atoms with van der Waals surface area (Å²) in [5, 5.41) is 7.10. The number of nitrogens with one attached hydrogen (secondary N) is 2. The van der Waals surface area contributed by atoms with Crippen molar-refractivity contribution in [1.29, 1.82) is 0 Å². The highest BCUT2D eigenvalue weighted by Gasteiger charge is 2.40. The fraction of sp³-hybridized carbons (Fsp3) is 0.375. The number of rotatable bonds is 3. The summed E-state index contributed by atoms with van der Waals surface area (Å²) in [5.74, 6) is 0.501. The van der Waals surface area contributed by atoms with Gasteiger partial charge in [-0.05, 0) is 24.8 Å². The van der Waals surface area contributed by atoms with Crippen molar-refractivity contribution in [1.82, 2.24) is 15.6 Å². The average molecular weight is 314 g/mol. The summed E-state index contributed by atoms with van der Waals surface area (Å²) >= 11 is 1.39.